The molecule has 0 amide bonds. The van der Waals surface area contributed by atoms with Crippen molar-refractivity contribution in [2.24, 2.45) is 0 Å². The highest BCUT2D eigenvalue weighted by molar-refractivity contribution is 6.30. The smallest absolute Gasteiger partial charge is 0.344 e. The van der Waals surface area contributed by atoms with Gasteiger partial charge in [0.25, 0.3) is 0 Å². The molecule has 1 atom stereocenters. The number of hydrogen-bond acceptors (Lipinski definition) is 4. The molecule has 0 fully saturated rings. The molecule has 0 radical (unpaired) electrons. The fourth-order valence-corrected chi connectivity index (χ4v) is 4.27. The molecule has 1 N–H and O–H groups in total. The average molecular weight is 499 g/mol. The Balaban J connectivity index is 1.60. The van der Waals surface area contributed by atoms with Crippen LogP contribution in [0.2, 0.25) is 5.02 Å². The molecule has 0 spiro atoms. The third kappa shape index (κ3) is 4.76. The number of hydrogen-bond donors (Lipinski definition) is 1. The van der Waals surface area contributed by atoms with E-state index in [1.54, 1.807) is 19.3 Å². The van der Waals surface area contributed by atoms with Gasteiger partial charge in [0.1, 0.15) is 11.4 Å². The summed E-state index contributed by atoms with van der Waals surface area (Å²) >= 11 is 6.27. The van der Waals surface area contributed by atoms with Crippen molar-refractivity contribution >= 4 is 17.6 Å². The topological polar surface area (TPSA) is 77.5 Å². The van der Waals surface area contributed by atoms with Gasteiger partial charge in [-0.05, 0) is 66.1 Å². The summed E-state index contributed by atoms with van der Waals surface area (Å²) in [5, 5.41) is 14.9. The van der Waals surface area contributed by atoms with Gasteiger partial charge in [0.05, 0.1) is 17.6 Å². The molecule has 6 nitrogen and oxygen atoms in total. The first kappa shape index (κ1) is 23.5. The van der Waals surface area contributed by atoms with Gasteiger partial charge >= 0.3 is 5.97 Å². The van der Waals surface area contributed by atoms with Crippen molar-refractivity contribution in [3.63, 3.8) is 0 Å². The fourth-order valence-electron chi connectivity index (χ4n) is 4.09. The fraction of sp³-hybridized carbons (Fsp3) is 0.103. The molecular formula is C29H23ClN2O4. The Morgan fingerprint density at radius 2 is 1.81 bits per heavy atom. The van der Waals surface area contributed by atoms with Gasteiger partial charge < -0.3 is 14.3 Å². The van der Waals surface area contributed by atoms with Crippen LogP contribution in [0.1, 0.15) is 13.3 Å². The van der Waals surface area contributed by atoms with Gasteiger partial charge in [0.15, 0.2) is 11.9 Å². The van der Waals surface area contributed by atoms with Crippen LogP contribution in [0.15, 0.2) is 102 Å². The highest BCUT2D eigenvalue weighted by atomic mass is 35.5. The molecule has 0 aliphatic carbocycles. The van der Waals surface area contributed by atoms with E-state index in [-0.39, 0.29) is 0 Å². The maximum absolute atomic E-state index is 11.4. The van der Waals surface area contributed by atoms with E-state index in [1.807, 2.05) is 89.6 Å². The van der Waals surface area contributed by atoms with Crippen LogP contribution in [-0.4, -0.2) is 27.0 Å². The van der Waals surface area contributed by atoms with E-state index in [2.05, 4.69) is 0 Å². The minimum atomic E-state index is -0.986. The van der Waals surface area contributed by atoms with Crippen LogP contribution in [0.4, 0.5) is 0 Å². The van der Waals surface area contributed by atoms with Crippen LogP contribution in [0.25, 0.3) is 39.5 Å². The van der Waals surface area contributed by atoms with Crippen molar-refractivity contribution in [1.29, 1.82) is 0 Å². The summed E-state index contributed by atoms with van der Waals surface area (Å²) in [6, 6.07) is 28.6. The van der Waals surface area contributed by atoms with Crippen LogP contribution in [0.5, 0.6) is 5.75 Å². The number of nitrogens with zero attached hydrogens (tertiary/aromatic N) is 2. The number of benzene rings is 3. The zero-order chi connectivity index (χ0) is 25.1. The van der Waals surface area contributed by atoms with Crippen molar-refractivity contribution in [1.82, 2.24) is 9.78 Å². The predicted molar refractivity (Wildman–Crippen MR) is 139 cm³/mol. The normalized spacial score (nSPS) is 11.8. The number of furan rings is 1. The Kier molecular flexibility index (Phi) is 6.60. The molecule has 1 unspecified atom stereocenters. The third-order valence-electron chi connectivity index (χ3n) is 5.81. The first-order valence-corrected chi connectivity index (χ1v) is 11.9. The van der Waals surface area contributed by atoms with Crippen LogP contribution >= 0.6 is 11.6 Å². The second-order valence-corrected chi connectivity index (χ2v) is 8.65. The second kappa shape index (κ2) is 10.1. The van der Waals surface area contributed by atoms with Crippen LogP contribution < -0.4 is 4.74 Å². The first-order valence-electron chi connectivity index (χ1n) is 11.5. The minimum absolute atomic E-state index is 0.368. The van der Waals surface area contributed by atoms with Gasteiger partial charge in [-0.3, -0.25) is 0 Å². The third-order valence-corrected chi connectivity index (χ3v) is 6.04. The molecule has 0 aliphatic rings. The lowest BCUT2D eigenvalue weighted by Gasteiger charge is -2.15. The number of ether oxygens (including phenoxy) is 1. The van der Waals surface area contributed by atoms with Gasteiger partial charge in [-0.2, -0.15) is 5.10 Å². The number of halogens is 1. The zero-order valence-corrected chi connectivity index (χ0v) is 20.2. The van der Waals surface area contributed by atoms with Crippen LogP contribution in [0, 0.1) is 0 Å². The Hall–Kier alpha value is -4.29. The van der Waals surface area contributed by atoms with Crippen molar-refractivity contribution in [3.8, 4) is 45.3 Å². The Labute approximate surface area is 213 Å². The molecule has 0 saturated heterocycles. The molecule has 0 aliphatic heterocycles. The number of aliphatic carboxylic acids is 1. The molecule has 36 heavy (non-hydrogen) atoms. The Morgan fingerprint density at radius 3 is 2.53 bits per heavy atom. The molecule has 7 heteroatoms. The van der Waals surface area contributed by atoms with Crippen molar-refractivity contribution in [2.45, 2.75) is 19.4 Å². The summed E-state index contributed by atoms with van der Waals surface area (Å²) in [4.78, 5) is 11.4. The summed E-state index contributed by atoms with van der Waals surface area (Å²) in [6.07, 6.45) is 1.09. The van der Waals surface area contributed by atoms with E-state index < -0.39 is 12.1 Å². The quantitative estimate of drug-likeness (QED) is 0.242. The molecule has 0 saturated carbocycles. The lowest BCUT2D eigenvalue weighted by atomic mass is 9.97. The summed E-state index contributed by atoms with van der Waals surface area (Å²) in [6.45, 7) is 1.78. The first-order chi connectivity index (χ1) is 17.5. The highest BCUT2D eigenvalue weighted by Gasteiger charge is 2.19. The van der Waals surface area contributed by atoms with Crippen molar-refractivity contribution < 1.29 is 19.1 Å². The van der Waals surface area contributed by atoms with Crippen LogP contribution in [0.3, 0.4) is 0 Å². The molecule has 2 aromatic heterocycles. The SMILES string of the molecule is CCC(Oc1cccc(-c2ccccc2-c2cc(-c3ccco3)n(-c3cccc(Cl)c3)n2)c1)C(=O)O. The highest BCUT2D eigenvalue weighted by Crippen LogP contribution is 2.36. The number of carboxylic acid groups (broad SMARTS) is 1. The molecule has 5 aromatic rings. The lowest BCUT2D eigenvalue weighted by Crippen LogP contribution is -2.25. The number of rotatable bonds is 8. The number of carbonyl (C=O) groups is 1. The maximum atomic E-state index is 11.4. The number of carboxylic acids is 1. The molecular weight excluding hydrogens is 476 g/mol. The van der Waals surface area contributed by atoms with E-state index >= 15 is 0 Å². The van der Waals surface area contributed by atoms with E-state index in [4.69, 9.17) is 25.9 Å². The van der Waals surface area contributed by atoms with E-state index in [9.17, 15) is 9.90 Å². The molecule has 2 heterocycles. The molecule has 3 aromatic carbocycles. The lowest BCUT2D eigenvalue weighted by molar-refractivity contribution is -0.145. The summed E-state index contributed by atoms with van der Waals surface area (Å²) in [5.74, 6) is 0.193. The molecule has 180 valence electrons. The Bertz CT molecular complexity index is 1510. The van der Waals surface area contributed by atoms with Gasteiger partial charge in [-0.25, -0.2) is 9.48 Å². The second-order valence-electron chi connectivity index (χ2n) is 8.21. The zero-order valence-electron chi connectivity index (χ0n) is 19.5. The maximum Gasteiger partial charge on any atom is 0.344 e. The largest absolute Gasteiger partial charge is 0.479 e. The van der Waals surface area contributed by atoms with Gasteiger partial charge in [0.2, 0.25) is 0 Å². The molecule has 0 bridgehead atoms. The monoisotopic (exact) mass is 498 g/mol. The number of aromatic nitrogens is 2. The average Bonchev–Trinajstić information content (AvgIpc) is 3.58. The van der Waals surface area contributed by atoms with Crippen molar-refractivity contribution in [3.05, 3.63) is 102 Å². The standard InChI is InChI=1S/C29H23ClN2O4/c1-2-27(29(33)34)36-22-11-5-8-19(16-22)23-12-3-4-13-24(23)25-18-26(28-14-7-15-35-28)32(31-25)21-10-6-9-20(30)17-21/h3-18,27H,2H2,1H3,(H,33,34). The van der Waals surface area contributed by atoms with E-state index in [1.165, 1.54) is 0 Å². The summed E-state index contributed by atoms with van der Waals surface area (Å²) < 4.78 is 13.2. The van der Waals surface area contributed by atoms with E-state index in [0.717, 1.165) is 33.8 Å². The van der Waals surface area contributed by atoms with Crippen molar-refractivity contribution in [2.75, 3.05) is 0 Å². The summed E-state index contributed by atoms with van der Waals surface area (Å²) in [5.41, 5.74) is 5.09. The predicted octanol–water partition coefficient (Wildman–Crippen LogP) is 7.36. The van der Waals surface area contributed by atoms with Gasteiger partial charge in [-0.1, -0.05) is 61.0 Å². The van der Waals surface area contributed by atoms with Gasteiger partial charge in [-0.15, -0.1) is 0 Å². The van der Waals surface area contributed by atoms with E-state index in [0.29, 0.717) is 23.0 Å². The summed E-state index contributed by atoms with van der Waals surface area (Å²) in [7, 11) is 0. The van der Waals surface area contributed by atoms with Crippen LogP contribution in [-0.2, 0) is 4.79 Å². The van der Waals surface area contributed by atoms with Gasteiger partial charge in [0, 0.05) is 10.6 Å². The minimum Gasteiger partial charge on any atom is -0.479 e. The Morgan fingerprint density at radius 1 is 1.00 bits per heavy atom. The molecule has 5 rings (SSSR count).